The number of nitrogens with zero attached hydrogens (tertiary/aromatic N) is 1. The van der Waals surface area contributed by atoms with Gasteiger partial charge < -0.3 is 10.3 Å². The summed E-state index contributed by atoms with van der Waals surface area (Å²) >= 11 is 0. The molecule has 0 unspecified atom stereocenters. The maximum atomic E-state index is 5.49. The van der Waals surface area contributed by atoms with E-state index in [1.165, 1.54) is 0 Å². The van der Waals surface area contributed by atoms with E-state index < -0.39 is 0 Å². The van der Waals surface area contributed by atoms with Crippen molar-refractivity contribution in [3.8, 4) is 11.3 Å². The molecule has 0 aliphatic rings. The smallest absolute Gasteiger partial charge is 0.141 e. The normalized spacial score (nSPS) is 10.5. The van der Waals surface area contributed by atoms with Gasteiger partial charge in [-0.3, -0.25) is 0 Å². The van der Waals surface area contributed by atoms with Gasteiger partial charge in [-0.2, -0.15) is 0 Å². The van der Waals surface area contributed by atoms with E-state index in [9.17, 15) is 0 Å². The van der Waals surface area contributed by atoms with Crippen LogP contribution < -0.4 is 5.73 Å². The molecule has 1 aromatic heterocycles. The van der Waals surface area contributed by atoms with Crippen molar-refractivity contribution < 1.29 is 4.52 Å². The molecule has 0 saturated carbocycles. The summed E-state index contributed by atoms with van der Waals surface area (Å²) in [6, 6.07) is 10.0. The Hall–Kier alpha value is -1.61. The SMILES string of the molecule is Cc1c(-c2ccccc2)noc1CCN. The zero-order valence-corrected chi connectivity index (χ0v) is 8.73. The molecule has 0 radical (unpaired) electrons. The number of benzene rings is 1. The second-order valence-electron chi connectivity index (χ2n) is 3.48. The zero-order chi connectivity index (χ0) is 10.7. The van der Waals surface area contributed by atoms with Gasteiger partial charge in [0.2, 0.25) is 0 Å². The van der Waals surface area contributed by atoms with Crippen LogP contribution in [0, 0.1) is 6.92 Å². The summed E-state index contributed by atoms with van der Waals surface area (Å²) < 4.78 is 5.26. The minimum absolute atomic E-state index is 0.588. The molecule has 0 aliphatic carbocycles. The summed E-state index contributed by atoms with van der Waals surface area (Å²) in [5.41, 5.74) is 8.58. The molecule has 3 nitrogen and oxygen atoms in total. The Labute approximate surface area is 88.9 Å². The van der Waals surface area contributed by atoms with Gasteiger partial charge in [-0.05, 0) is 13.5 Å². The molecule has 0 fully saturated rings. The topological polar surface area (TPSA) is 52.0 Å². The molecule has 1 heterocycles. The Morgan fingerprint density at radius 3 is 2.67 bits per heavy atom. The third-order valence-electron chi connectivity index (χ3n) is 2.44. The van der Waals surface area contributed by atoms with Crippen molar-refractivity contribution in [3.63, 3.8) is 0 Å². The molecule has 2 aromatic rings. The quantitative estimate of drug-likeness (QED) is 0.829. The fourth-order valence-corrected chi connectivity index (χ4v) is 1.60. The first-order chi connectivity index (χ1) is 7.33. The van der Waals surface area contributed by atoms with Crippen LogP contribution in [0.1, 0.15) is 11.3 Å². The van der Waals surface area contributed by atoms with Gasteiger partial charge in [-0.25, -0.2) is 0 Å². The summed E-state index contributed by atoms with van der Waals surface area (Å²) in [7, 11) is 0. The molecule has 2 rings (SSSR count). The van der Waals surface area contributed by atoms with Crippen LogP contribution >= 0.6 is 0 Å². The molecule has 0 bridgehead atoms. The lowest BCUT2D eigenvalue weighted by molar-refractivity contribution is 0.385. The first kappa shape index (κ1) is 9.93. The molecular formula is C12H14N2O. The van der Waals surface area contributed by atoms with Gasteiger partial charge in [-0.15, -0.1) is 0 Å². The predicted octanol–water partition coefficient (Wildman–Crippen LogP) is 2.15. The van der Waals surface area contributed by atoms with E-state index >= 15 is 0 Å². The van der Waals surface area contributed by atoms with Gasteiger partial charge in [0.1, 0.15) is 11.5 Å². The molecule has 0 atom stereocenters. The van der Waals surface area contributed by atoms with Gasteiger partial charge >= 0.3 is 0 Å². The highest BCUT2D eigenvalue weighted by Gasteiger charge is 2.11. The highest BCUT2D eigenvalue weighted by atomic mass is 16.5. The second-order valence-corrected chi connectivity index (χ2v) is 3.48. The minimum Gasteiger partial charge on any atom is -0.360 e. The second kappa shape index (κ2) is 4.28. The van der Waals surface area contributed by atoms with Crippen LogP contribution in [0.4, 0.5) is 0 Å². The largest absolute Gasteiger partial charge is 0.360 e. The summed E-state index contributed by atoms with van der Waals surface area (Å²) in [5, 5.41) is 4.07. The molecular weight excluding hydrogens is 188 g/mol. The maximum absolute atomic E-state index is 5.49. The summed E-state index contributed by atoms with van der Waals surface area (Å²) in [6.07, 6.45) is 0.742. The van der Waals surface area contributed by atoms with Crippen LogP contribution in [-0.2, 0) is 6.42 Å². The van der Waals surface area contributed by atoms with Crippen molar-refractivity contribution >= 4 is 0 Å². The molecule has 0 aliphatic heterocycles. The van der Waals surface area contributed by atoms with Crippen LogP contribution in [0.2, 0.25) is 0 Å². The molecule has 3 heteroatoms. The number of aromatic nitrogens is 1. The molecule has 0 saturated heterocycles. The van der Waals surface area contributed by atoms with Gasteiger partial charge in [-0.1, -0.05) is 35.5 Å². The number of rotatable bonds is 3. The van der Waals surface area contributed by atoms with Crippen molar-refractivity contribution in [2.24, 2.45) is 5.73 Å². The Morgan fingerprint density at radius 2 is 2.00 bits per heavy atom. The third kappa shape index (κ3) is 1.92. The van der Waals surface area contributed by atoms with Crippen LogP contribution in [0.15, 0.2) is 34.9 Å². The monoisotopic (exact) mass is 202 g/mol. The van der Waals surface area contributed by atoms with Crippen molar-refractivity contribution in [3.05, 3.63) is 41.7 Å². The lowest BCUT2D eigenvalue weighted by Crippen LogP contribution is -2.02. The zero-order valence-electron chi connectivity index (χ0n) is 8.73. The van der Waals surface area contributed by atoms with Crippen molar-refractivity contribution in [2.75, 3.05) is 6.54 Å². The van der Waals surface area contributed by atoms with Crippen molar-refractivity contribution in [2.45, 2.75) is 13.3 Å². The van der Waals surface area contributed by atoms with Gasteiger partial charge in [0.15, 0.2) is 0 Å². The standard InChI is InChI=1S/C12H14N2O/c1-9-11(7-8-13)15-14-12(9)10-5-3-2-4-6-10/h2-6H,7-8,13H2,1H3. The van der Waals surface area contributed by atoms with Crippen LogP contribution in [0.3, 0.4) is 0 Å². The first-order valence-electron chi connectivity index (χ1n) is 5.03. The first-order valence-corrected chi connectivity index (χ1v) is 5.03. The van der Waals surface area contributed by atoms with Gasteiger partial charge in [0, 0.05) is 17.5 Å². The molecule has 2 N–H and O–H groups in total. The number of hydrogen-bond donors (Lipinski definition) is 1. The van der Waals surface area contributed by atoms with E-state index in [4.69, 9.17) is 10.3 Å². The summed E-state index contributed by atoms with van der Waals surface area (Å²) in [6.45, 7) is 2.61. The lowest BCUT2D eigenvalue weighted by Gasteiger charge is -1.96. The van der Waals surface area contributed by atoms with Gasteiger partial charge in [0.25, 0.3) is 0 Å². The summed E-state index contributed by atoms with van der Waals surface area (Å²) in [4.78, 5) is 0. The van der Waals surface area contributed by atoms with Crippen LogP contribution in [-0.4, -0.2) is 11.7 Å². The molecule has 15 heavy (non-hydrogen) atoms. The Kier molecular flexibility index (Phi) is 2.83. The Bertz CT molecular complexity index is 434. The third-order valence-corrected chi connectivity index (χ3v) is 2.44. The Morgan fingerprint density at radius 1 is 1.27 bits per heavy atom. The molecule has 0 amide bonds. The van der Waals surface area contributed by atoms with Crippen LogP contribution in [0.25, 0.3) is 11.3 Å². The van der Waals surface area contributed by atoms with E-state index in [-0.39, 0.29) is 0 Å². The average Bonchev–Trinajstić information content (AvgIpc) is 2.63. The minimum atomic E-state index is 0.588. The fourth-order valence-electron chi connectivity index (χ4n) is 1.60. The molecule has 78 valence electrons. The predicted molar refractivity (Wildman–Crippen MR) is 59.4 cm³/mol. The highest BCUT2D eigenvalue weighted by molar-refractivity contribution is 5.62. The van der Waals surface area contributed by atoms with E-state index in [2.05, 4.69) is 5.16 Å². The number of nitrogens with two attached hydrogens (primary N) is 1. The van der Waals surface area contributed by atoms with Gasteiger partial charge in [0.05, 0.1) is 0 Å². The fraction of sp³-hybridized carbons (Fsp3) is 0.250. The average molecular weight is 202 g/mol. The maximum Gasteiger partial charge on any atom is 0.141 e. The molecule has 0 spiro atoms. The van der Waals surface area contributed by atoms with Crippen molar-refractivity contribution in [1.29, 1.82) is 0 Å². The number of hydrogen-bond acceptors (Lipinski definition) is 3. The highest BCUT2D eigenvalue weighted by Crippen LogP contribution is 2.24. The van der Waals surface area contributed by atoms with E-state index in [0.29, 0.717) is 6.54 Å². The van der Waals surface area contributed by atoms with Crippen LogP contribution in [0.5, 0.6) is 0 Å². The van der Waals surface area contributed by atoms with E-state index in [1.54, 1.807) is 0 Å². The Balaban J connectivity index is 2.38. The molecule has 1 aromatic carbocycles. The van der Waals surface area contributed by atoms with E-state index in [1.807, 2.05) is 37.3 Å². The lowest BCUT2D eigenvalue weighted by atomic mass is 10.1. The van der Waals surface area contributed by atoms with Crippen molar-refractivity contribution in [1.82, 2.24) is 5.16 Å². The van der Waals surface area contributed by atoms with E-state index in [0.717, 1.165) is 29.0 Å². The summed E-state index contributed by atoms with van der Waals surface area (Å²) in [5.74, 6) is 0.886.